The molecule has 0 bridgehead atoms. The molecule has 0 aliphatic carbocycles. The summed E-state index contributed by atoms with van der Waals surface area (Å²) in [6.07, 6.45) is 2.16. The van der Waals surface area contributed by atoms with Crippen molar-refractivity contribution in [2.24, 2.45) is 0 Å². The van der Waals surface area contributed by atoms with Gasteiger partial charge in [0.25, 0.3) is 0 Å². The van der Waals surface area contributed by atoms with Gasteiger partial charge in [0.05, 0.1) is 22.5 Å². The zero-order valence-corrected chi connectivity index (χ0v) is 12.0. The lowest BCUT2D eigenvalue weighted by Gasteiger charge is -2.17. The molecule has 0 radical (unpaired) electrons. The van der Waals surface area contributed by atoms with E-state index in [1.807, 2.05) is 13.8 Å². The second-order valence-corrected chi connectivity index (χ2v) is 5.54. The standard InChI is InChI=1S/C15H18ClN3/c1-10-15(16)11(2)19(18-10)13-8-7-12-5-3-4-6-14(12)17-9-13/h3-6,13,17H,7-9H2,1-2H3. The summed E-state index contributed by atoms with van der Waals surface area (Å²) in [4.78, 5) is 0. The van der Waals surface area contributed by atoms with Crippen LogP contribution in [0.15, 0.2) is 24.3 Å². The van der Waals surface area contributed by atoms with Gasteiger partial charge in [0.1, 0.15) is 0 Å². The number of fused-ring (bicyclic) bond motifs is 1. The number of benzene rings is 1. The molecule has 100 valence electrons. The Kier molecular flexibility index (Phi) is 3.23. The molecule has 2 aromatic rings. The van der Waals surface area contributed by atoms with Crippen molar-refractivity contribution >= 4 is 17.3 Å². The highest BCUT2D eigenvalue weighted by atomic mass is 35.5. The SMILES string of the molecule is Cc1nn(C2CCc3ccccc3NC2)c(C)c1Cl. The van der Waals surface area contributed by atoms with Gasteiger partial charge in [-0.1, -0.05) is 29.8 Å². The molecule has 0 saturated carbocycles. The van der Waals surface area contributed by atoms with E-state index >= 15 is 0 Å². The van der Waals surface area contributed by atoms with Gasteiger partial charge in [-0.25, -0.2) is 0 Å². The average Bonchev–Trinajstić information content (AvgIpc) is 2.61. The number of nitrogens with one attached hydrogen (secondary N) is 1. The molecule has 3 rings (SSSR count). The van der Waals surface area contributed by atoms with E-state index in [9.17, 15) is 0 Å². The van der Waals surface area contributed by atoms with Crippen LogP contribution in [0.4, 0.5) is 5.69 Å². The van der Waals surface area contributed by atoms with Gasteiger partial charge >= 0.3 is 0 Å². The maximum Gasteiger partial charge on any atom is 0.0844 e. The maximum atomic E-state index is 6.24. The molecule has 1 aromatic carbocycles. The summed E-state index contributed by atoms with van der Waals surface area (Å²) in [7, 11) is 0. The van der Waals surface area contributed by atoms with E-state index < -0.39 is 0 Å². The molecule has 0 saturated heterocycles. The van der Waals surface area contributed by atoms with Crippen LogP contribution in [0, 0.1) is 13.8 Å². The fourth-order valence-electron chi connectivity index (χ4n) is 2.77. The quantitative estimate of drug-likeness (QED) is 0.859. The predicted octanol–water partition coefficient (Wildman–Crippen LogP) is 3.75. The number of aryl methyl sites for hydroxylation is 2. The number of halogens is 1. The van der Waals surface area contributed by atoms with Crippen molar-refractivity contribution in [3.63, 3.8) is 0 Å². The third-order valence-corrected chi connectivity index (χ3v) is 4.42. The van der Waals surface area contributed by atoms with E-state index in [-0.39, 0.29) is 0 Å². The smallest absolute Gasteiger partial charge is 0.0844 e. The Morgan fingerprint density at radius 2 is 2.11 bits per heavy atom. The number of para-hydroxylation sites is 1. The highest BCUT2D eigenvalue weighted by Crippen LogP contribution is 2.29. The highest BCUT2D eigenvalue weighted by molar-refractivity contribution is 6.31. The van der Waals surface area contributed by atoms with Crippen LogP contribution in [-0.4, -0.2) is 16.3 Å². The van der Waals surface area contributed by atoms with E-state index in [4.69, 9.17) is 11.6 Å². The Balaban J connectivity index is 1.87. The normalized spacial score (nSPS) is 18.6. The first kappa shape index (κ1) is 12.5. The van der Waals surface area contributed by atoms with Gasteiger partial charge in [-0.15, -0.1) is 0 Å². The lowest BCUT2D eigenvalue weighted by Crippen LogP contribution is -2.19. The highest BCUT2D eigenvalue weighted by Gasteiger charge is 2.21. The van der Waals surface area contributed by atoms with Gasteiger partial charge in [0.15, 0.2) is 0 Å². The van der Waals surface area contributed by atoms with Gasteiger partial charge in [-0.05, 0) is 38.3 Å². The van der Waals surface area contributed by atoms with E-state index in [0.29, 0.717) is 6.04 Å². The van der Waals surface area contributed by atoms with Crippen molar-refractivity contribution in [3.05, 3.63) is 46.2 Å². The first-order valence-electron chi connectivity index (χ1n) is 6.70. The second-order valence-electron chi connectivity index (χ2n) is 5.16. The largest absolute Gasteiger partial charge is 0.383 e. The minimum absolute atomic E-state index is 0.360. The van der Waals surface area contributed by atoms with Crippen LogP contribution in [0.1, 0.15) is 29.4 Å². The van der Waals surface area contributed by atoms with Crippen LogP contribution in [0.2, 0.25) is 5.02 Å². The Labute approximate surface area is 118 Å². The minimum Gasteiger partial charge on any atom is -0.383 e. The zero-order valence-electron chi connectivity index (χ0n) is 11.3. The molecule has 1 atom stereocenters. The van der Waals surface area contributed by atoms with E-state index in [1.165, 1.54) is 11.3 Å². The lowest BCUT2D eigenvalue weighted by molar-refractivity contribution is 0.438. The number of rotatable bonds is 1. The van der Waals surface area contributed by atoms with Crippen LogP contribution in [0.3, 0.4) is 0 Å². The molecule has 19 heavy (non-hydrogen) atoms. The molecule has 1 aromatic heterocycles. The van der Waals surface area contributed by atoms with E-state index in [2.05, 4.69) is 39.4 Å². The van der Waals surface area contributed by atoms with Crippen LogP contribution in [0.5, 0.6) is 0 Å². The van der Waals surface area contributed by atoms with Crippen molar-refractivity contribution < 1.29 is 0 Å². The molecule has 1 aliphatic heterocycles. The average molecular weight is 276 g/mol. The number of anilines is 1. The molecule has 0 fully saturated rings. The zero-order chi connectivity index (χ0) is 13.4. The van der Waals surface area contributed by atoms with Gasteiger partial charge in [-0.3, -0.25) is 4.68 Å². The topological polar surface area (TPSA) is 29.9 Å². The summed E-state index contributed by atoms with van der Waals surface area (Å²) in [6.45, 7) is 4.90. The minimum atomic E-state index is 0.360. The van der Waals surface area contributed by atoms with Crippen LogP contribution in [0.25, 0.3) is 0 Å². The van der Waals surface area contributed by atoms with Gasteiger partial charge < -0.3 is 5.32 Å². The van der Waals surface area contributed by atoms with Gasteiger partial charge in [0, 0.05) is 12.2 Å². The number of nitrogens with zero attached hydrogens (tertiary/aromatic N) is 2. The van der Waals surface area contributed by atoms with Gasteiger partial charge in [0.2, 0.25) is 0 Å². The third kappa shape index (κ3) is 2.23. The Morgan fingerprint density at radius 3 is 2.84 bits per heavy atom. The Bertz CT molecular complexity index is 576. The van der Waals surface area contributed by atoms with Gasteiger partial charge in [-0.2, -0.15) is 5.10 Å². The fourth-order valence-corrected chi connectivity index (χ4v) is 2.89. The summed E-state index contributed by atoms with van der Waals surface area (Å²) < 4.78 is 2.08. The summed E-state index contributed by atoms with van der Waals surface area (Å²) in [5, 5.41) is 8.90. The number of hydrogen-bond donors (Lipinski definition) is 1. The molecule has 0 spiro atoms. The van der Waals surface area contributed by atoms with Crippen LogP contribution >= 0.6 is 11.6 Å². The Morgan fingerprint density at radius 1 is 1.32 bits per heavy atom. The molecule has 1 unspecified atom stereocenters. The monoisotopic (exact) mass is 275 g/mol. The van der Waals surface area contributed by atoms with Crippen LogP contribution in [-0.2, 0) is 6.42 Å². The first-order valence-corrected chi connectivity index (χ1v) is 7.07. The molecule has 0 amide bonds. The summed E-state index contributed by atoms with van der Waals surface area (Å²) in [5.74, 6) is 0. The Hall–Kier alpha value is -1.48. The first-order chi connectivity index (χ1) is 9.16. The third-order valence-electron chi connectivity index (χ3n) is 3.87. The molecule has 2 heterocycles. The van der Waals surface area contributed by atoms with Crippen molar-refractivity contribution in [1.82, 2.24) is 9.78 Å². The second kappa shape index (κ2) is 4.89. The summed E-state index contributed by atoms with van der Waals surface area (Å²) in [5.41, 5.74) is 4.62. The number of aromatic nitrogens is 2. The molecule has 1 aliphatic rings. The molecular formula is C15H18ClN3. The summed E-state index contributed by atoms with van der Waals surface area (Å²) >= 11 is 6.24. The molecule has 1 N–H and O–H groups in total. The van der Waals surface area contributed by atoms with Crippen molar-refractivity contribution in [2.45, 2.75) is 32.7 Å². The molecule has 4 heteroatoms. The predicted molar refractivity (Wildman–Crippen MR) is 79.0 cm³/mol. The summed E-state index contributed by atoms with van der Waals surface area (Å²) in [6, 6.07) is 8.87. The van der Waals surface area contributed by atoms with Crippen molar-refractivity contribution in [2.75, 3.05) is 11.9 Å². The lowest BCUT2D eigenvalue weighted by atomic mass is 10.1. The van der Waals surface area contributed by atoms with Crippen molar-refractivity contribution in [3.8, 4) is 0 Å². The van der Waals surface area contributed by atoms with Crippen molar-refractivity contribution in [1.29, 1.82) is 0 Å². The number of hydrogen-bond acceptors (Lipinski definition) is 2. The maximum absolute atomic E-state index is 6.24. The van der Waals surface area contributed by atoms with E-state index in [1.54, 1.807) is 0 Å². The molecular weight excluding hydrogens is 258 g/mol. The van der Waals surface area contributed by atoms with E-state index in [0.717, 1.165) is 35.8 Å². The van der Waals surface area contributed by atoms with Crippen LogP contribution < -0.4 is 5.32 Å². The fraction of sp³-hybridized carbons (Fsp3) is 0.400. The molecule has 3 nitrogen and oxygen atoms in total.